The van der Waals surface area contributed by atoms with Crippen LogP contribution < -0.4 is 0 Å². The van der Waals surface area contributed by atoms with Crippen LogP contribution in [-0.2, 0) is 10.3 Å². The summed E-state index contributed by atoms with van der Waals surface area (Å²) in [6, 6.07) is 8.13. The Morgan fingerprint density at radius 3 is 2.25 bits per heavy atom. The smallest absolute Gasteiger partial charge is 0.220 e. The predicted molar refractivity (Wildman–Crippen MR) is 40.7 cm³/mol. The van der Waals surface area contributed by atoms with Crippen LogP contribution in [0, 0.1) is 0 Å². The van der Waals surface area contributed by atoms with E-state index in [0.717, 1.165) is 0 Å². The topological polar surface area (TPSA) is 81.9 Å². The Kier molecular flexibility index (Phi) is 2.51. The second kappa shape index (κ2) is 3.42. The molecule has 0 saturated heterocycles. The van der Waals surface area contributed by atoms with E-state index in [1.54, 1.807) is 18.2 Å². The highest BCUT2D eigenvalue weighted by Gasteiger charge is 1.87. The fourth-order valence-corrected chi connectivity index (χ4v) is 0.786. The maximum absolute atomic E-state index is 9.99. The minimum Gasteiger partial charge on any atom is -0.728 e. The molecular formula is C6H5N2O3S-. The summed E-state index contributed by atoms with van der Waals surface area (Å²) in [7, 11) is -4.61. The van der Waals surface area contributed by atoms with Crippen molar-refractivity contribution in [2.24, 2.45) is 9.63 Å². The van der Waals surface area contributed by atoms with Crippen LogP contribution in [0.3, 0.4) is 0 Å². The van der Waals surface area contributed by atoms with Crippen LogP contribution in [0.1, 0.15) is 0 Å². The monoisotopic (exact) mass is 185 g/mol. The van der Waals surface area contributed by atoms with Crippen LogP contribution in [0.5, 0.6) is 0 Å². The molecule has 0 aliphatic heterocycles. The van der Waals surface area contributed by atoms with E-state index < -0.39 is 10.3 Å². The lowest BCUT2D eigenvalue weighted by atomic mass is 10.3. The largest absolute Gasteiger partial charge is 0.728 e. The molecule has 0 unspecified atom stereocenters. The Labute approximate surface area is 69.6 Å². The third-order valence-electron chi connectivity index (χ3n) is 1.01. The molecule has 0 heterocycles. The highest BCUT2D eigenvalue weighted by molar-refractivity contribution is 7.84. The summed E-state index contributed by atoms with van der Waals surface area (Å²) in [5, 5.41) is 3.20. The number of hydrogen-bond acceptors (Lipinski definition) is 4. The van der Waals surface area contributed by atoms with Crippen LogP contribution in [-0.4, -0.2) is 13.0 Å². The van der Waals surface area contributed by atoms with Gasteiger partial charge in [0, 0.05) is 0 Å². The molecule has 0 saturated carbocycles. The van der Waals surface area contributed by atoms with Crippen molar-refractivity contribution in [3.8, 4) is 0 Å². The number of benzene rings is 1. The fourth-order valence-electron chi connectivity index (χ4n) is 0.592. The van der Waals surface area contributed by atoms with Crippen LogP contribution in [0.2, 0.25) is 0 Å². The predicted octanol–water partition coefficient (Wildman–Crippen LogP) is 1.23. The lowest BCUT2D eigenvalue weighted by Gasteiger charge is -1.95. The van der Waals surface area contributed by atoms with E-state index in [4.69, 9.17) is 0 Å². The zero-order valence-corrected chi connectivity index (χ0v) is 6.73. The van der Waals surface area contributed by atoms with E-state index in [1.165, 1.54) is 12.1 Å². The highest BCUT2D eigenvalue weighted by atomic mass is 32.2. The Bertz CT molecular complexity index is 371. The molecule has 0 spiro atoms. The Hall–Kier alpha value is -1.27. The highest BCUT2D eigenvalue weighted by Crippen LogP contribution is 2.10. The SMILES string of the molecule is O=S(=O)([O-])N=Nc1ccccc1. The second-order valence-corrected chi connectivity index (χ2v) is 2.96. The Morgan fingerprint density at radius 2 is 1.75 bits per heavy atom. The molecule has 6 heteroatoms. The van der Waals surface area contributed by atoms with Crippen molar-refractivity contribution >= 4 is 16.0 Å². The third-order valence-corrected chi connectivity index (χ3v) is 1.29. The lowest BCUT2D eigenvalue weighted by Crippen LogP contribution is -1.88. The molecule has 0 aliphatic rings. The molecule has 0 amide bonds. The molecule has 12 heavy (non-hydrogen) atoms. The molecule has 0 bridgehead atoms. The first kappa shape index (κ1) is 8.82. The fraction of sp³-hybridized carbons (Fsp3) is 0. The molecule has 0 aromatic heterocycles. The van der Waals surface area contributed by atoms with Gasteiger partial charge in [-0.25, -0.2) is 8.42 Å². The van der Waals surface area contributed by atoms with E-state index in [2.05, 4.69) is 9.63 Å². The first-order valence-corrected chi connectivity index (χ1v) is 4.38. The van der Waals surface area contributed by atoms with Gasteiger partial charge in [0.2, 0.25) is 10.3 Å². The van der Waals surface area contributed by atoms with Gasteiger partial charge in [0.15, 0.2) is 0 Å². The zero-order valence-electron chi connectivity index (χ0n) is 5.91. The van der Waals surface area contributed by atoms with Crippen LogP contribution in [0.15, 0.2) is 40.0 Å². The van der Waals surface area contributed by atoms with Gasteiger partial charge in [-0.1, -0.05) is 22.7 Å². The normalized spacial score (nSPS) is 12.1. The number of rotatable bonds is 2. The van der Waals surface area contributed by atoms with Gasteiger partial charge in [0.25, 0.3) is 0 Å². The van der Waals surface area contributed by atoms with Crippen molar-refractivity contribution in [2.75, 3.05) is 0 Å². The third kappa shape index (κ3) is 3.22. The summed E-state index contributed by atoms with van der Waals surface area (Å²) in [5.74, 6) is 0. The Morgan fingerprint density at radius 1 is 1.17 bits per heavy atom. The van der Waals surface area contributed by atoms with Gasteiger partial charge in [-0.05, 0) is 12.1 Å². The maximum Gasteiger partial charge on any atom is 0.220 e. The molecule has 0 N–H and O–H groups in total. The van der Waals surface area contributed by atoms with E-state index in [-0.39, 0.29) is 0 Å². The molecule has 1 aromatic rings. The van der Waals surface area contributed by atoms with Gasteiger partial charge in [-0.15, -0.1) is 5.11 Å². The molecule has 0 aliphatic carbocycles. The van der Waals surface area contributed by atoms with Gasteiger partial charge in [-0.3, -0.25) is 0 Å². The minimum atomic E-state index is -4.61. The van der Waals surface area contributed by atoms with Crippen molar-refractivity contribution in [1.29, 1.82) is 0 Å². The van der Waals surface area contributed by atoms with E-state index >= 15 is 0 Å². The first-order chi connectivity index (χ1) is 5.58. The average Bonchev–Trinajstić information content (AvgIpc) is 2.02. The summed E-state index contributed by atoms with van der Waals surface area (Å²) in [4.78, 5) is 0. The molecule has 0 radical (unpaired) electrons. The van der Waals surface area contributed by atoms with Gasteiger partial charge < -0.3 is 4.55 Å². The lowest BCUT2D eigenvalue weighted by molar-refractivity contribution is 0.462. The van der Waals surface area contributed by atoms with Crippen molar-refractivity contribution in [1.82, 2.24) is 0 Å². The molecule has 5 nitrogen and oxygen atoms in total. The van der Waals surface area contributed by atoms with Crippen molar-refractivity contribution in [2.45, 2.75) is 0 Å². The summed E-state index contributed by atoms with van der Waals surface area (Å²) < 4.78 is 32.5. The molecular weight excluding hydrogens is 180 g/mol. The molecule has 0 fully saturated rings. The standard InChI is InChI=1S/C6H6N2O3S/c9-12(10,11)8-7-6-4-2-1-3-5-6/h1-5H,(H,9,10,11)/p-1. The maximum atomic E-state index is 9.99. The average molecular weight is 185 g/mol. The van der Waals surface area contributed by atoms with Crippen LogP contribution in [0.4, 0.5) is 5.69 Å². The van der Waals surface area contributed by atoms with E-state index in [9.17, 15) is 13.0 Å². The van der Waals surface area contributed by atoms with Gasteiger partial charge in [0.1, 0.15) is 0 Å². The van der Waals surface area contributed by atoms with Gasteiger partial charge in [0.05, 0.1) is 5.69 Å². The molecule has 0 atom stereocenters. The zero-order chi connectivity index (χ0) is 9.03. The summed E-state index contributed by atoms with van der Waals surface area (Å²) in [5.41, 5.74) is 0.330. The van der Waals surface area contributed by atoms with E-state index in [1.807, 2.05) is 0 Å². The quantitative estimate of drug-likeness (QED) is 0.513. The number of hydrogen-bond donors (Lipinski definition) is 0. The summed E-state index contributed by atoms with van der Waals surface area (Å²) in [6.45, 7) is 0. The van der Waals surface area contributed by atoms with Crippen molar-refractivity contribution in [3.63, 3.8) is 0 Å². The molecule has 64 valence electrons. The van der Waals surface area contributed by atoms with Crippen molar-refractivity contribution < 1.29 is 13.0 Å². The van der Waals surface area contributed by atoms with E-state index in [0.29, 0.717) is 5.69 Å². The summed E-state index contributed by atoms with van der Waals surface area (Å²) >= 11 is 0. The second-order valence-electron chi connectivity index (χ2n) is 1.94. The van der Waals surface area contributed by atoms with Crippen molar-refractivity contribution in [3.05, 3.63) is 30.3 Å². The molecule has 1 rings (SSSR count). The van der Waals surface area contributed by atoms with Gasteiger partial charge >= 0.3 is 0 Å². The van der Waals surface area contributed by atoms with Crippen LogP contribution in [0.25, 0.3) is 0 Å². The number of nitrogens with zero attached hydrogens (tertiary/aromatic N) is 2. The minimum absolute atomic E-state index is 0.330. The first-order valence-electron chi connectivity index (χ1n) is 3.02. The summed E-state index contributed by atoms with van der Waals surface area (Å²) in [6.07, 6.45) is 0. The van der Waals surface area contributed by atoms with Crippen LogP contribution >= 0.6 is 0 Å². The Balaban J connectivity index is 2.85. The molecule has 1 aromatic carbocycles. The van der Waals surface area contributed by atoms with Gasteiger partial charge in [-0.2, -0.15) is 0 Å².